The first-order valence-electron chi connectivity index (χ1n) is 5.92. The summed E-state index contributed by atoms with van der Waals surface area (Å²) in [6.45, 7) is 0. The molecule has 0 atom stereocenters. The molecule has 1 heterocycles. The topological polar surface area (TPSA) is 80.5 Å². The minimum atomic E-state index is -0.545. The smallest absolute Gasteiger partial charge is 0.268 e. The molecule has 2 amide bonds. The molecular weight excluding hydrogens is 340 g/mol. The Morgan fingerprint density at radius 1 is 1.00 bits per heavy atom. The molecule has 0 fully saturated rings. The lowest BCUT2D eigenvalue weighted by atomic mass is 10.1. The molecular formula is C14H7BrN2O4. The molecule has 0 bridgehead atoms. The molecule has 2 aromatic rings. The predicted molar refractivity (Wildman–Crippen MR) is 78.4 cm³/mol. The third-order valence-electron chi connectivity index (χ3n) is 3.18. The molecule has 104 valence electrons. The number of halogens is 1. The fraction of sp³-hybridized carbons (Fsp3) is 0. The van der Waals surface area contributed by atoms with Gasteiger partial charge in [0.25, 0.3) is 17.5 Å². The van der Waals surface area contributed by atoms with Crippen molar-refractivity contribution in [3.05, 3.63) is 68.2 Å². The quantitative estimate of drug-likeness (QED) is 0.475. The summed E-state index contributed by atoms with van der Waals surface area (Å²) < 4.78 is 0.311. The van der Waals surface area contributed by atoms with Crippen molar-refractivity contribution in [3.8, 4) is 0 Å². The van der Waals surface area contributed by atoms with Crippen LogP contribution in [0.4, 0.5) is 11.4 Å². The van der Waals surface area contributed by atoms with Gasteiger partial charge >= 0.3 is 0 Å². The summed E-state index contributed by atoms with van der Waals surface area (Å²) in [5.74, 6) is -0.879. The molecule has 0 aliphatic carbocycles. The first-order valence-corrected chi connectivity index (χ1v) is 6.72. The zero-order valence-electron chi connectivity index (χ0n) is 10.4. The SMILES string of the molecule is O=C1c2ccccc2C(=O)N1c1ccc([N+](=O)[O-])cc1Br. The fourth-order valence-corrected chi connectivity index (χ4v) is 2.74. The Balaban J connectivity index is 2.09. The highest BCUT2D eigenvalue weighted by Crippen LogP contribution is 2.35. The molecule has 1 aliphatic rings. The van der Waals surface area contributed by atoms with Crippen molar-refractivity contribution in [2.45, 2.75) is 0 Å². The summed E-state index contributed by atoms with van der Waals surface area (Å²) in [6.07, 6.45) is 0. The van der Waals surface area contributed by atoms with Crippen molar-refractivity contribution in [3.63, 3.8) is 0 Å². The van der Waals surface area contributed by atoms with Gasteiger partial charge in [-0.15, -0.1) is 0 Å². The number of benzene rings is 2. The van der Waals surface area contributed by atoms with Gasteiger partial charge in [-0.2, -0.15) is 0 Å². The molecule has 0 unspecified atom stereocenters. The average molecular weight is 347 g/mol. The van der Waals surface area contributed by atoms with Gasteiger partial charge in [-0.3, -0.25) is 19.7 Å². The number of amides is 2. The van der Waals surface area contributed by atoms with Crippen molar-refractivity contribution < 1.29 is 14.5 Å². The number of anilines is 1. The van der Waals surface area contributed by atoms with Crippen LogP contribution >= 0.6 is 15.9 Å². The van der Waals surface area contributed by atoms with Gasteiger partial charge in [0.2, 0.25) is 0 Å². The van der Waals surface area contributed by atoms with Crippen LogP contribution in [0.2, 0.25) is 0 Å². The highest BCUT2D eigenvalue weighted by atomic mass is 79.9. The van der Waals surface area contributed by atoms with E-state index in [-0.39, 0.29) is 11.4 Å². The Bertz CT molecular complexity index is 768. The van der Waals surface area contributed by atoms with Crippen molar-refractivity contribution in [1.29, 1.82) is 0 Å². The van der Waals surface area contributed by atoms with E-state index < -0.39 is 16.7 Å². The molecule has 6 nitrogen and oxygen atoms in total. The summed E-state index contributed by atoms with van der Waals surface area (Å²) in [6, 6.07) is 10.4. The number of nitro benzene ring substituents is 1. The first-order chi connectivity index (χ1) is 10.0. The Labute approximate surface area is 127 Å². The van der Waals surface area contributed by atoms with Gasteiger partial charge in [0.15, 0.2) is 0 Å². The first kappa shape index (κ1) is 13.4. The van der Waals surface area contributed by atoms with E-state index in [4.69, 9.17) is 0 Å². The Morgan fingerprint density at radius 3 is 2.05 bits per heavy atom. The standard InChI is InChI=1S/C14H7BrN2O4/c15-11-7-8(17(20)21)5-6-12(11)16-13(18)9-3-1-2-4-10(9)14(16)19/h1-7H. The Hall–Kier alpha value is -2.54. The van der Waals surface area contributed by atoms with Crippen LogP contribution in [0.1, 0.15) is 20.7 Å². The summed E-state index contributed by atoms with van der Waals surface area (Å²) in [5.41, 5.74) is 0.814. The van der Waals surface area contributed by atoms with Crippen LogP contribution in [0.25, 0.3) is 0 Å². The number of imide groups is 1. The normalized spacial score (nSPS) is 13.5. The second-order valence-electron chi connectivity index (χ2n) is 4.38. The molecule has 0 saturated heterocycles. The van der Waals surface area contributed by atoms with Gasteiger partial charge in [-0.05, 0) is 34.1 Å². The number of non-ortho nitro benzene ring substituents is 1. The van der Waals surface area contributed by atoms with Crippen molar-refractivity contribution in [2.24, 2.45) is 0 Å². The van der Waals surface area contributed by atoms with Gasteiger partial charge in [0, 0.05) is 16.6 Å². The second-order valence-corrected chi connectivity index (χ2v) is 5.24. The van der Waals surface area contributed by atoms with E-state index >= 15 is 0 Å². The van der Waals surface area contributed by atoms with Crippen LogP contribution in [0, 0.1) is 10.1 Å². The summed E-state index contributed by atoms with van der Waals surface area (Å²) >= 11 is 3.17. The van der Waals surface area contributed by atoms with Crippen LogP contribution in [0.3, 0.4) is 0 Å². The summed E-state index contributed by atoms with van der Waals surface area (Å²) in [4.78, 5) is 35.9. The number of hydrogen-bond donors (Lipinski definition) is 0. The van der Waals surface area contributed by atoms with Crippen LogP contribution in [0.15, 0.2) is 46.9 Å². The van der Waals surface area contributed by atoms with E-state index in [9.17, 15) is 19.7 Å². The average Bonchev–Trinajstić information content (AvgIpc) is 2.72. The van der Waals surface area contributed by atoms with Crippen molar-refractivity contribution >= 4 is 39.1 Å². The lowest BCUT2D eigenvalue weighted by molar-refractivity contribution is -0.384. The van der Waals surface area contributed by atoms with Crippen LogP contribution in [-0.2, 0) is 0 Å². The molecule has 3 rings (SSSR count). The molecule has 0 radical (unpaired) electrons. The number of carbonyl (C=O) groups is 2. The number of nitro groups is 1. The zero-order valence-corrected chi connectivity index (χ0v) is 12.0. The highest BCUT2D eigenvalue weighted by Gasteiger charge is 2.37. The Kier molecular flexibility index (Phi) is 3.06. The number of fused-ring (bicyclic) bond motifs is 1. The molecule has 2 aromatic carbocycles. The van der Waals surface area contributed by atoms with Gasteiger partial charge in [0.1, 0.15) is 0 Å². The maximum absolute atomic E-state index is 12.3. The van der Waals surface area contributed by atoms with Gasteiger partial charge < -0.3 is 0 Å². The van der Waals surface area contributed by atoms with E-state index in [0.29, 0.717) is 15.6 Å². The van der Waals surface area contributed by atoms with Crippen LogP contribution in [-0.4, -0.2) is 16.7 Å². The largest absolute Gasteiger partial charge is 0.270 e. The second kappa shape index (κ2) is 4.78. The van der Waals surface area contributed by atoms with Gasteiger partial charge in [-0.1, -0.05) is 12.1 Å². The summed E-state index contributed by atoms with van der Waals surface area (Å²) in [7, 11) is 0. The maximum Gasteiger partial charge on any atom is 0.270 e. The molecule has 21 heavy (non-hydrogen) atoms. The van der Waals surface area contributed by atoms with Crippen molar-refractivity contribution in [1.82, 2.24) is 0 Å². The number of rotatable bonds is 2. The maximum atomic E-state index is 12.3. The van der Waals surface area contributed by atoms with E-state index in [2.05, 4.69) is 15.9 Å². The van der Waals surface area contributed by atoms with Gasteiger partial charge in [0.05, 0.1) is 21.7 Å². The molecule has 7 heteroatoms. The summed E-state index contributed by atoms with van der Waals surface area (Å²) in [5, 5.41) is 10.7. The third-order valence-corrected chi connectivity index (χ3v) is 3.81. The zero-order chi connectivity index (χ0) is 15.1. The fourth-order valence-electron chi connectivity index (χ4n) is 2.20. The van der Waals surface area contributed by atoms with E-state index in [1.807, 2.05) is 0 Å². The molecule has 0 N–H and O–H groups in total. The molecule has 0 saturated carbocycles. The lowest BCUT2D eigenvalue weighted by Gasteiger charge is -2.15. The molecule has 0 spiro atoms. The highest BCUT2D eigenvalue weighted by molar-refractivity contribution is 9.10. The number of hydrogen-bond acceptors (Lipinski definition) is 4. The van der Waals surface area contributed by atoms with E-state index in [0.717, 1.165) is 4.90 Å². The number of nitrogens with zero attached hydrogens (tertiary/aromatic N) is 2. The van der Waals surface area contributed by atoms with Gasteiger partial charge in [-0.25, -0.2) is 4.90 Å². The number of carbonyl (C=O) groups excluding carboxylic acids is 2. The minimum Gasteiger partial charge on any atom is -0.268 e. The Morgan fingerprint density at radius 2 is 1.57 bits per heavy atom. The molecule has 0 aromatic heterocycles. The van der Waals surface area contributed by atoms with E-state index in [1.165, 1.54) is 18.2 Å². The monoisotopic (exact) mass is 346 g/mol. The van der Waals surface area contributed by atoms with E-state index in [1.54, 1.807) is 24.3 Å². The van der Waals surface area contributed by atoms with Crippen molar-refractivity contribution in [2.75, 3.05) is 4.90 Å². The molecule has 1 aliphatic heterocycles. The lowest BCUT2D eigenvalue weighted by Crippen LogP contribution is -2.29. The van der Waals surface area contributed by atoms with Crippen LogP contribution < -0.4 is 4.90 Å². The third kappa shape index (κ3) is 2.02. The van der Waals surface area contributed by atoms with Crippen LogP contribution in [0.5, 0.6) is 0 Å². The predicted octanol–water partition coefficient (Wildman–Crippen LogP) is 3.16. The minimum absolute atomic E-state index is 0.123.